The molecule has 5 heteroatoms. The number of ketones is 2. The van der Waals surface area contributed by atoms with Crippen LogP contribution in [0.25, 0.3) is 28.2 Å². The lowest BCUT2D eigenvalue weighted by atomic mass is 10.1. The summed E-state index contributed by atoms with van der Waals surface area (Å²) in [5.74, 6) is 0.0302. The van der Waals surface area contributed by atoms with Crippen LogP contribution in [0.5, 0.6) is 0 Å². The monoisotopic (exact) mass is 355 g/mol. The van der Waals surface area contributed by atoms with Gasteiger partial charge < -0.3 is 0 Å². The SMILES string of the molecule is CC(=O)c1cccc(-c2ccc3ncc(-c4cccc(C(C)=O)c4)n3n2)c1. The summed E-state index contributed by atoms with van der Waals surface area (Å²) in [6, 6.07) is 18.6. The van der Waals surface area contributed by atoms with E-state index >= 15 is 0 Å². The molecule has 0 bridgehead atoms. The van der Waals surface area contributed by atoms with Gasteiger partial charge in [0.2, 0.25) is 0 Å². The molecule has 0 atom stereocenters. The first-order chi connectivity index (χ1) is 13.0. The van der Waals surface area contributed by atoms with Gasteiger partial charge >= 0.3 is 0 Å². The van der Waals surface area contributed by atoms with E-state index in [1.807, 2.05) is 48.5 Å². The molecule has 2 heterocycles. The van der Waals surface area contributed by atoms with Crippen LogP contribution in [-0.4, -0.2) is 26.2 Å². The summed E-state index contributed by atoms with van der Waals surface area (Å²) in [6.07, 6.45) is 1.75. The second kappa shape index (κ2) is 6.61. The number of nitrogens with zero attached hydrogens (tertiary/aromatic N) is 3. The molecular formula is C22H17N3O2. The summed E-state index contributed by atoms with van der Waals surface area (Å²) in [5.41, 5.74) is 5.29. The lowest BCUT2D eigenvalue weighted by Gasteiger charge is -2.06. The predicted molar refractivity (Wildman–Crippen MR) is 104 cm³/mol. The number of imidazole rings is 1. The fourth-order valence-electron chi connectivity index (χ4n) is 3.02. The Morgan fingerprint density at radius 3 is 2.11 bits per heavy atom. The molecule has 4 rings (SSSR count). The van der Waals surface area contributed by atoms with Crippen LogP contribution in [0.2, 0.25) is 0 Å². The van der Waals surface area contributed by atoms with Crippen LogP contribution in [0.3, 0.4) is 0 Å². The zero-order chi connectivity index (χ0) is 19.0. The van der Waals surface area contributed by atoms with Gasteiger partial charge in [0.15, 0.2) is 17.2 Å². The third kappa shape index (κ3) is 3.15. The first-order valence-electron chi connectivity index (χ1n) is 8.60. The molecule has 0 radical (unpaired) electrons. The maximum absolute atomic E-state index is 11.7. The van der Waals surface area contributed by atoms with Crippen LogP contribution in [0.4, 0.5) is 0 Å². The van der Waals surface area contributed by atoms with Crippen LogP contribution in [0.15, 0.2) is 66.9 Å². The number of hydrogen-bond donors (Lipinski definition) is 0. The molecule has 0 N–H and O–H groups in total. The summed E-state index contributed by atoms with van der Waals surface area (Å²) in [6.45, 7) is 3.09. The second-order valence-electron chi connectivity index (χ2n) is 6.41. The molecule has 0 aliphatic heterocycles. The van der Waals surface area contributed by atoms with E-state index < -0.39 is 0 Å². The van der Waals surface area contributed by atoms with E-state index in [-0.39, 0.29) is 11.6 Å². The number of carbonyl (C=O) groups is 2. The largest absolute Gasteiger partial charge is 0.295 e. The molecule has 0 fully saturated rings. The van der Waals surface area contributed by atoms with Gasteiger partial charge in [-0.2, -0.15) is 5.10 Å². The van der Waals surface area contributed by atoms with E-state index in [1.165, 1.54) is 0 Å². The third-order valence-electron chi connectivity index (χ3n) is 4.49. The summed E-state index contributed by atoms with van der Waals surface area (Å²) in [5, 5.41) is 4.71. The second-order valence-corrected chi connectivity index (χ2v) is 6.41. The van der Waals surface area contributed by atoms with Crippen molar-refractivity contribution in [2.75, 3.05) is 0 Å². The molecule has 132 valence electrons. The molecule has 0 amide bonds. The molecule has 0 saturated carbocycles. The van der Waals surface area contributed by atoms with Gasteiger partial charge in [-0.15, -0.1) is 0 Å². The highest BCUT2D eigenvalue weighted by Crippen LogP contribution is 2.24. The minimum absolute atomic E-state index is 0.0142. The van der Waals surface area contributed by atoms with Crippen molar-refractivity contribution in [1.29, 1.82) is 0 Å². The number of fused-ring (bicyclic) bond motifs is 1. The van der Waals surface area contributed by atoms with Crippen LogP contribution in [0, 0.1) is 0 Å². The Labute approximate surface area is 156 Å². The minimum Gasteiger partial charge on any atom is -0.295 e. The molecule has 0 saturated heterocycles. The smallest absolute Gasteiger partial charge is 0.159 e. The molecule has 4 aromatic rings. The molecular weight excluding hydrogens is 338 g/mol. The molecule has 0 unspecified atom stereocenters. The average Bonchev–Trinajstić information content (AvgIpc) is 3.11. The molecule has 27 heavy (non-hydrogen) atoms. The highest BCUT2D eigenvalue weighted by atomic mass is 16.1. The van der Waals surface area contributed by atoms with Crippen LogP contribution >= 0.6 is 0 Å². The molecule has 2 aromatic carbocycles. The van der Waals surface area contributed by atoms with Crippen molar-refractivity contribution < 1.29 is 9.59 Å². The van der Waals surface area contributed by atoms with E-state index in [0.29, 0.717) is 16.8 Å². The van der Waals surface area contributed by atoms with Gasteiger partial charge in [0.25, 0.3) is 0 Å². The van der Waals surface area contributed by atoms with Gasteiger partial charge in [0, 0.05) is 22.3 Å². The van der Waals surface area contributed by atoms with Gasteiger partial charge in [-0.25, -0.2) is 9.50 Å². The van der Waals surface area contributed by atoms with Crippen molar-refractivity contribution in [3.05, 3.63) is 78.0 Å². The van der Waals surface area contributed by atoms with Crippen LogP contribution in [0.1, 0.15) is 34.6 Å². The van der Waals surface area contributed by atoms with E-state index in [0.717, 1.165) is 22.5 Å². The first kappa shape index (κ1) is 16.8. The van der Waals surface area contributed by atoms with Crippen molar-refractivity contribution in [3.8, 4) is 22.5 Å². The Kier molecular flexibility index (Phi) is 4.12. The van der Waals surface area contributed by atoms with Gasteiger partial charge in [0.1, 0.15) is 0 Å². The first-order valence-corrected chi connectivity index (χ1v) is 8.60. The lowest BCUT2D eigenvalue weighted by molar-refractivity contribution is 0.100. The lowest BCUT2D eigenvalue weighted by Crippen LogP contribution is -1.99. The predicted octanol–water partition coefficient (Wildman–Crippen LogP) is 4.47. The van der Waals surface area contributed by atoms with Crippen LogP contribution in [-0.2, 0) is 0 Å². The molecule has 0 aliphatic rings. The maximum atomic E-state index is 11.7. The molecule has 2 aromatic heterocycles. The summed E-state index contributed by atoms with van der Waals surface area (Å²) >= 11 is 0. The molecule has 5 nitrogen and oxygen atoms in total. The van der Waals surface area contributed by atoms with Crippen molar-refractivity contribution in [3.63, 3.8) is 0 Å². The highest BCUT2D eigenvalue weighted by molar-refractivity contribution is 5.95. The Balaban J connectivity index is 1.85. The Hall–Kier alpha value is -3.60. The minimum atomic E-state index is 0.0142. The highest BCUT2D eigenvalue weighted by Gasteiger charge is 2.11. The van der Waals surface area contributed by atoms with E-state index in [1.54, 1.807) is 36.7 Å². The molecule has 0 spiro atoms. The number of rotatable bonds is 4. The number of Topliss-reactive ketones (excluding diaryl/α,β-unsaturated/α-hetero) is 2. The van der Waals surface area contributed by atoms with Gasteiger partial charge in [-0.05, 0) is 38.1 Å². The van der Waals surface area contributed by atoms with Crippen molar-refractivity contribution >= 4 is 17.2 Å². The van der Waals surface area contributed by atoms with Crippen LogP contribution < -0.4 is 0 Å². The average molecular weight is 355 g/mol. The van der Waals surface area contributed by atoms with E-state index in [2.05, 4.69) is 4.98 Å². The fraction of sp³-hybridized carbons (Fsp3) is 0.0909. The summed E-state index contributed by atoms with van der Waals surface area (Å²) in [4.78, 5) is 27.8. The number of carbonyl (C=O) groups excluding carboxylic acids is 2. The third-order valence-corrected chi connectivity index (χ3v) is 4.49. The Morgan fingerprint density at radius 2 is 1.44 bits per heavy atom. The zero-order valence-corrected chi connectivity index (χ0v) is 15.0. The van der Waals surface area contributed by atoms with E-state index in [9.17, 15) is 9.59 Å². The quantitative estimate of drug-likeness (QED) is 0.507. The van der Waals surface area contributed by atoms with Gasteiger partial charge in [0.05, 0.1) is 17.6 Å². The number of aromatic nitrogens is 3. The summed E-state index contributed by atoms with van der Waals surface area (Å²) in [7, 11) is 0. The molecule has 0 aliphatic carbocycles. The van der Waals surface area contributed by atoms with Crippen molar-refractivity contribution in [1.82, 2.24) is 14.6 Å². The van der Waals surface area contributed by atoms with Gasteiger partial charge in [-0.1, -0.05) is 36.4 Å². The van der Waals surface area contributed by atoms with Gasteiger partial charge in [-0.3, -0.25) is 9.59 Å². The van der Waals surface area contributed by atoms with Crippen molar-refractivity contribution in [2.45, 2.75) is 13.8 Å². The zero-order valence-electron chi connectivity index (χ0n) is 15.0. The summed E-state index contributed by atoms with van der Waals surface area (Å²) < 4.78 is 1.76. The standard InChI is InChI=1S/C22H17N3O2/c1-14(26)16-5-3-7-18(11-16)20-9-10-22-23-13-21(25(22)24-20)19-8-4-6-17(12-19)15(2)27/h3-13H,1-2H3. The Morgan fingerprint density at radius 1 is 0.815 bits per heavy atom. The normalized spacial score (nSPS) is 10.9. The van der Waals surface area contributed by atoms with E-state index in [4.69, 9.17) is 5.10 Å². The number of benzene rings is 2. The fourth-order valence-corrected chi connectivity index (χ4v) is 3.02. The maximum Gasteiger partial charge on any atom is 0.159 e. The Bertz CT molecular complexity index is 1190. The van der Waals surface area contributed by atoms with Crippen molar-refractivity contribution in [2.24, 2.45) is 0 Å². The topological polar surface area (TPSA) is 64.3 Å². The number of hydrogen-bond acceptors (Lipinski definition) is 4.